The number of nitrogens with zero attached hydrogens (tertiary/aromatic N) is 4. The number of benzene rings is 1. The maximum Gasteiger partial charge on any atom is 0.416 e. The van der Waals surface area contributed by atoms with E-state index in [9.17, 15) is 18.0 Å². The highest BCUT2D eigenvalue weighted by atomic mass is 32.1. The van der Waals surface area contributed by atoms with E-state index in [-0.39, 0.29) is 22.9 Å². The lowest BCUT2D eigenvalue weighted by molar-refractivity contribution is -0.137. The zero-order chi connectivity index (χ0) is 24.5. The van der Waals surface area contributed by atoms with Gasteiger partial charge in [-0.15, -0.1) is 0 Å². The summed E-state index contributed by atoms with van der Waals surface area (Å²) in [6.07, 6.45) is -3.78. The Bertz CT molecular complexity index is 1150. The first kappa shape index (κ1) is 24.4. The van der Waals surface area contributed by atoms with Crippen molar-refractivity contribution in [2.75, 3.05) is 38.5 Å². The van der Waals surface area contributed by atoms with Gasteiger partial charge in [0.1, 0.15) is 17.3 Å². The molecule has 0 saturated carbocycles. The van der Waals surface area contributed by atoms with Gasteiger partial charge in [-0.3, -0.25) is 15.0 Å². The number of amides is 1. The summed E-state index contributed by atoms with van der Waals surface area (Å²) in [5.74, 6) is 0.709. The number of nitrogens with one attached hydrogen (secondary N) is 1. The molecular weight excluding hydrogens is 467 g/mol. The first-order valence-corrected chi connectivity index (χ1v) is 11.7. The lowest BCUT2D eigenvalue weighted by Crippen LogP contribution is -2.48. The third-order valence-electron chi connectivity index (χ3n) is 5.96. The summed E-state index contributed by atoms with van der Waals surface area (Å²) in [5.41, 5.74) is -0.305. The van der Waals surface area contributed by atoms with Gasteiger partial charge in [0.25, 0.3) is 5.91 Å². The topological polar surface area (TPSA) is 74.5 Å². The summed E-state index contributed by atoms with van der Waals surface area (Å²) in [6.45, 7) is 7.80. The molecule has 0 radical (unpaired) electrons. The van der Waals surface area contributed by atoms with E-state index in [0.29, 0.717) is 23.1 Å². The van der Waals surface area contributed by atoms with Crippen molar-refractivity contribution in [2.45, 2.75) is 32.5 Å². The van der Waals surface area contributed by atoms with Crippen LogP contribution in [-0.4, -0.2) is 64.3 Å². The number of rotatable bonds is 6. The molecule has 4 rings (SSSR count). The molecule has 0 spiro atoms. The molecule has 34 heavy (non-hydrogen) atoms. The first-order chi connectivity index (χ1) is 16.1. The van der Waals surface area contributed by atoms with Gasteiger partial charge in [0, 0.05) is 55.7 Å². The number of hydrogen-bond acceptors (Lipinski definition) is 7. The molecule has 3 heterocycles. The average molecular weight is 494 g/mol. The molecule has 0 bridgehead atoms. The zero-order valence-electron chi connectivity index (χ0n) is 19.1. The van der Waals surface area contributed by atoms with Crippen molar-refractivity contribution in [2.24, 2.45) is 0 Å². The van der Waals surface area contributed by atoms with Crippen molar-refractivity contribution in [3.63, 3.8) is 0 Å². The summed E-state index contributed by atoms with van der Waals surface area (Å²) in [7, 11) is 2.11. The molecule has 1 fully saturated rings. The van der Waals surface area contributed by atoms with Crippen LogP contribution in [0.15, 0.2) is 34.7 Å². The van der Waals surface area contributed by atoms with Crippen LogP contribution in [0, 0.1) is 6.92 Å². The molecule has 1 saturated heterocycles. The molecule has 1 aliphatic rings. The molecule has 3 aromatic rings. The van der Waals surface area contributed by atoms with Crippen LogP contribution in [0.4, 0.5) is 18.3 Å². The van der Waals surface area contributed by atoms with Crippen LogP contribution in [0.5, 0.6) is 0 Å². The maximum absolute atomic E-state index is 13.0. The third-order valence-corrected chi connectivity index (χ3v) is 6.63. The minimum absolute atomic E-state index is 0.188. The van der Waals surface area contributed by atoms with Gasteiger partial charge in [0.05, 0.1) is 11.1 Å². The van der Waals surface area contributed by atoms with Gasteiger partial charge in [0.15, 0.2) is 0 Å². The molecule has 0 aliphatic carbocycles. The summed E-state index contributed by atoms with van der Waals surface area (Å²) >= 11 is 1.10. The van der Waals surface area contributed by atoms with E-state index in [4.69, 9.17) is 4.42 Å². The number of halogens is 3. The highest BCUT2D eigenvalue weighted by Gasteiger charge is 2.31. The van der Waals surface area contributed by atoms with Crippen molar-refractivity contribution in [3.05, 3.63) is 53.0 Å². The van der Waals surface area contributed by atoms with Crippen LogP contribution in [0.2, 0.25) is 0 Å². The highest BCUT2D eigenvalue weighted by molar-refractivity contribution is 7.09. The van der Waals surface area contributed by atoms with Crippen molar-refractivity contribution < 1.29 is 22.4 Å². The molecule has 7 nitrogen and oxygen atoms in total. The van der Waals surface area contributed by atoms with Crippen molar-refractivity contribution >= 4 is 22.6 Å². The highest BCUT2D eigenvalue weighted by Crippen LogP contribution is 2.33. The quantitative estimate of drug-likeness (QED) is 0.543. The van der Waals surface area contributed by atoms with Gasteiger partial charge >= 0.3 is 6.18 Å². The van der Waals surface area contributed by atoms with Crippen LogP contribution in [0.25, 0.3) is 11.3 Å². The molecule has 1 aliphatic heterocycles. The molecule has 2 aromatic heterocycles. The minimum atomic E-state index is -4.46. The second kappa shape index (κ2) is 9.85. The van der Waals surface area contributed by atoms with Gasteiger partial charge in [-0.1, -0.05) is 12.1 Å². The van der Waals surface area contributed by atoms with E-state index >= 15 is 0 Å². The van der Waals surface area contributed by atoms with Crippen molar-refractivity contribution in [3.8, 4) is 11.3 Å². The van der Waals surface area contributed by atoms with Crippen LogP contribution < -0.4 is 5.32 Å². The van der Waals surface area contributed by atoms with Gasteiger partial charge in [-0.05, 0) is 39.1 Å². The predicted octanol–water partition coefficient (Wildman–Crippen LogP) is 4.56. The van der Waals surface area contributed by atoms with E-state index in [1.807, 2.05) is 0 Å². The fourth-order valence-electron chi connectivity index (χ4n) is 3.91. The fraction of sp³-hybridized carbons (Fsp3) is 0.435. The normalized spacial score (nSPS) is 16.5. The van der Waals surface area contributed by atoms with E-state index in [0.717, 1.165) is 49.8 Å². The second-order valence-electron chi connectivity index (χ2n) is 8.52. The molecule has 182 valence electrons. The Labute approximate surface area is 199 Å². The lowest BCUT2D eigenvalue weighted by Gasteiger charge is -2.36. The second-order valence-corrected chi connectivity index (χ2v) is 9.27. The Hall–Kier alpha value is -2.76. The summed E-state index contributed by atoms with van der Waals surface area (Å²) in [5, 5.41) is 3.09. The van der Waals surface area contributed by atoms with Gasteiger partial charge < -0.3 is 9.32 Å². The monoisotopic (exact) mass is 493 g/mol. The number of likely N-dealkylation sites (N-methyl/N-ethyl adjacent to an activating group) is 1. The summed E-state index contributed by atoms with van der Waals surface area (Å²) < 4.78 is 49.0. The number of alkyl halides is 3. The van der Waals surface area contributed by atoms with Crippen LogP contribution in [0.3, 0.4) is 0 Å². The number of piperazine rings is 1. The molecular formula is C23H26F3N5O2S. The molecule has 1 aromatic carbocycles. The molecule has 1 atom stereocenters. The fourth-order valence-corrected chi connectivity index (χ4v) is 4.50. The Morgan fingerprint density at radius 2 is 1.97 bits per heavy atom. The van der Waals surface area contributed by atoms with E-state index in [1.165, 1.54) is 18.2 Å². The molecule has 1 N–H and O–H groups in total. The number of anilines is 1. The smallest absolute Gasteiger partial charge is 0.416 e. The summed E-state index contributed by atoms with van der Waals surface area (Å²) in [4.78, 5) is 21.9. The van der Waals surface area contributed by atoms with E-state index in [1.54, 1.807) is 6.92 Å². The van der Waals surface area contributed by atoms with E-state index in [2.05, 4.69) is 38.4 Å². The number of carbonyl (C=O) groups is 1. The van der Waals surface area contributed by atoms with Gasteiger partial charge in [-0.2, -0.15) is 17.5 Å². The average Bonchev–Trinajstić information content (AvgIpc) is 3.39. The molecule has 11 heteroatoms. The van der Waals surface area contributed by atoms with Crippen molar-refractivity contribution in [1.82, 2.24) is 19.2 Å². The third kappa shape index (κ3) is 5.65. The lowest BCUT2D eigenvalue weighted by atomic mass is 10.1. The predicted molar refractivity (Wildman–Crippen MR) is 124 cm³/mol. The number of aromatic nitrogens is 2. The van der Waals surface area contributed by atoms with Gasteiger partial charge in [-0.25, -0.2) is 4.98 Å². The Kier molecular flexibility index (Phi) is 7.06. The Balaban J connectivity index is 1.41. The zero-order valence-corrected chi connectivity index (χ0v) is 20.0. The number of carbonyl (C=O) groups excluding carboxylic acids is 1. The SMILES string of the molecule is Cc1oc(-c2cccc(C(F)(F)F)c2)cc1C(=O)Nc1nc(CC(C)N2CCN(C)CC2)ns1. The summed E-state index contributed by atoms with van der Waals surface area (Å²) in [6, 6.07) is 6.54. The number of hydrogen-bond donors (Lipinski definition) is 1. The Morgan fingerprint density at radius 1 is 1.24 bits per heavy atom. The molecule has 1 amide bonds. The van der Waals surface area contributed by atoms with Crippen molar-refractivity contribution in [1.29, 1.82) is 0 Å². The number of aryl methyl sites for hydroxylation is 1. The first-order valence-electron chi connectivity index (χ1n) is 10.9. The van der Waals surface area contributed by atoms with Crippen LogP contribution in [0.1, 0.15) is 34.4 Å². The number of furan rings is 1. The van der Waals surface area contributed by atoms with E-state index < -0.39 is 17.6 Å². The minimum Gasteiger partial charge on any atom is -0.461 e. The molecule has 1 unspecified atom stereocenters. The van der Waals surface area contributed by atoms with Crippen LogP contribution >= 0.6 is 11.5 Å². The van der Waals surface area contributed by atoms with Crippen LogP contribution in [-0.2, 0) is 12.6 Å². The van der Waals surface area contributed by atoms with Gasteiger partial charge in [0.2, 0.25) is 5.13 Å². The maximum atomic E-state index is 13.0. The largest absolute Gasteiger partial charge is 0.461 e. The Morgan fingerprint density at radius 3 is 2.68 bits per heavy atom. The standard InChI is InChI=1S/C23H26F3N5O2S/c1-14(31-9-7-30(3)8-10-31)11-20-27-22(34-29-20)28-21(32)18-13-19(33-15(18)2)16-5-4-6-17(12-16)23(24,25)26/h4-6,12-14H,7-11H2,1-3H3,(H,27,28,29,32).